The predicted molar refractivity (Wildman–Crippen MR) is 68.2 cm³/mol. The van der Waals surface area contributed by atoms with Gasteiger partial charge < -0.3 is 0 Å². The van der Waals surface area contributed by atoms with Crippen LogP contribution in [0, 0.1) is 11.8 Å². The summed E-state index contributed by atoms with van der Waals surface area (Å²) in [6.07, 6.45) is 3.08. The number of nitrogens with zero attached hydrogens (tertiary/aromatic N) is 1. The minimum atomic E-state index is 0.397. The Bertz CT molecular complexity index is 378. The molecule has 2 heteroatoms. The third-order valence-electron chi connectivity index (χ3n) is 4.40. The van der Waals surface area contributed by atoms with Gasteiger partial charge in [0, 0.05) is 18.5 Å². The normalized spacial score (nSPS) is 37.3. The lowest BCUT2D eigenvalue weighted by molar-refractivity contribution is -0.172. The second-order valence-corrected chi connectivity index (χ2v) is 5.58. The molecule has 1 aliphatic carbocycles. The van der Waals surface area contributed by atoms with Crippen LogP contribution >= 0.6 is 0 Å². The van der Waals surface area contributed by atoms with Gasteiger partial charge in [-0.1, -0.05) is 37.3 Å². The summed E-state index contributed by atoms with van der Waals surface area (Å²) in [5.41, 5.74) is 1.35. The first-order valence-electron chi connectivity index (χ1n) is 6.73. The van der Waals surface area contributed by atoms with Crippen LogP contribution in [0.5, 0.6) is 0 Å². The molecule has 1 saturated carbocycles. The third-order valence-corrected chi connectivity index (χ3v) is 4.40. The molecule has 0 radical (unpaired) electrons. The zero-order valence-electron chi connectivity index (χ0n) is 10.7. The lowest BCUT2D eigenvalue weighted by Gasteiger charge is -2.25. The minimum Gasteiger partial charge on any atom is -0.295 e. The largest absolute Gasteiger partial charge is 0.295 e. The van der Waals surface area contributed by atoms with Gasteiger partial charge in [0.1, 0.15) is 0 Å². The Hall–Kier alpha value is -0.860. The molecule has 1 saturated heterocycles. The smallest absolute Gasteiger partial charge is 0.0809 e. The maximum Gasteiger partial charge on any atom is 0.0809 e. The van der Waals surface area contributed by atoms with Crippen molar-refractivity contribution in [2.45, 2.75) is 45.4 Å². The Morgan fingerprint density at radius 1 is 1.18 bits per heavy atom. The fourth-order valence-electron chi connectivity index (χ4n) is 3.50. The van der Waals surface area contributed by atoms with E-state index in [1.54, 1.807) is 0 Å². The average Bonchev–Trinajstić information content (AvgIpc) is 2.84. The van der Waals surface area contributed by atoms with Gasteiger partial charge in [0.05, 0.1) is 6.10 Å². The highest BCUT2D eigenvalue weighted by Gasteiger charge is 2.47. The molecule has 3 rings (SSSR count). The summed E-state index contributed by atoms with van der Waals surface area (Å²) in [4.78, 5) is 6.04. The molecule has 1 aliphatic heterocycles. The molecular weight excluding hydrogens is 210 g/mol. The average molecular weight is 231 g/mol. The first-order valence-corrected chi connectivity index (χ1v) is 6.73. The van der Waals surface area contributed by atoms with Crippen molar-refractivity contribution in [2.75, 3.05) is 0 Å². The molecule has 0 aromatic heterocycles. The molecule has 0 amide bonds. The molecule has 0 unspecified atom stereocenters. The Morgan fingerprint density at radius 2 is 1.94 bits per heavy atom. The molecule has 2 nitrogen and oxygen atoms in total. The van der Waals surface area contributed by atoms with E-state index in [2.05, 4.69) is 49.2 Å². The van der Waals surface area contributed by atoms with E-state index in [0.29, 0.717) is 12.1 Å². The second-order valence-electron chi connectivity index (χ2n) is 5.58. The number of benzene rings is 1. The Labute approximate surface area is 104 Å². The first kappa shape index (κ1) is 11.2. The predicted octanol–water partition coefficient (Wildman–Crippen LogP) is 3.24. The van der Waals surface area contributed by atoms with Crippen LogP contribution in [0.3, 0.4) is 0 Å². The van der Waals surface area contributed by atoms with Crippen LogP contribution in [0.25, 0.3) is 0 Å². The van der Waals surface area contributed by atoms with E-state index in [1.165, 1.54) is 18.4 Å². The van der Waals surface area contributed by atoms with E-state index in [0.717, 1.165) is 18.4 Å². The number of hydrogen-bond acceptors (Lipinski definition) is 2. The standard InChI is InChI=1S/C15H21NO/c1-11-8-9-14-12(2)17-16(15(11)14)10-13-6-4-3-5-7-13/h3-7,11-12,14-15H,8-10H2,1-2H3/t11-,12+,14+,15+/m0/s1. The topological polar surface area (TPSA) is 12.5 Å². The molecule has 1 aromatic rings. The van der Waals surface area contributed by atoms with Crippen LogP contribution in [-0.2, 0) is 11.4 Å². The van der Waals surface area contributed by atoms with Crippen molar-refractivity contribution < 1.29 is 4.84 Å². The van der Waals surface area contributed by atoms with Gasteiger partial charge in [0.25, 0.3) is 0 Å². The summed E-state index contributed by atoms with van der Waals surface area (Å²) in [6.45, 7) is 5.52. The fraction of sp³-hybridized carbons (Fsp3) is 0.600. The van der Waals surface area contributed by atoms with Crippen molar-refractivity contribution in [3.8, 4) is 0 Å². The van der Waals surface area contributed by atoms with Gasteiger partial charge in [0.15, 0.2) is 0 Å². The highest BCUT2D eigenvalue weighted by atomic mass is 16.7. The zero-order valence-corrected chi connectivity index (χ0v) is 10.7. The van der Waals surface area contributed by atoms with Gasteiger partial charge in [-0.15, -0.1) is 0 Å². The molecule has 0 spiro atoms. The van der Waals surface area contributed by atoms with Gasteiger partial charge in [0.2, 0.25) is 0 Å². The number of rotatable bonds is 2. The molecular formula is C15H21NO. The van der Waals surface area contributed by atoms with Crippen molar-refractivity contribution in [1.29, 1.82) is 0 Å². The van der Waals surface area contributed by atoms with Gasteiger partial charge in [-0.3, -0.25) is 4.84 Å². The van der Waals surface area contributed by atoms with Gasteiger partial charge >= 0.3 is 0 Å². The zero-order chi connectivity index (χ0) is 11.8. The maximum absolute atomic E-state index is 6.04. The van der Waals surface area contributed by atoms with E-state index in [9.17, 15) is 0 Å². The molecule has 0 bridgehead atoms. The molecule has 0 N–H and O–H groups in total. The maximum atomic E-state index is 6.04. The third kappa shape index (κ3) is 2.00. The second kappa shape index (κ2) is 4.43. The van der Waals surface area contributed by atoms with Crippen LogP contribution in [0.2, 0.25) is 0 Å². The Morgan fingerprint density at radius 3 is 2.71 bits per heavy atom. The molecule has 2 aliphatic rings. The molecule has 4 atom stereocenters. The summed E-state index contributed by atoms with van der Waals surface area (Å²) in [7, 11) is 0. The minimum absolute atomic E-state index is 0.397. The lowest BCUT2D eigenvalue weighted by atomic mass is 9.96. The van der Waals surface area contributed by atoms with Crippen LogP contribution in [0.1, 0.15) is 32.3 Å². The number of fused-ring (bicyclic) bond motifs is 1. The summed E-state index contributed by atoms with van der Waals surface area (Å²) in [5, 5.41) is 2.24. The highest BCUT2D eigenvalue weighted by molar-refractivity contribution is 5.14. The van der Waals surface area contributed by atoms with Crippen molar-refractivity contribution in [1.82, 2.24) is 5.06 Å². The Balaban J connectivity index is 1.75. The van der Waals surface area contributed by atoms with Gasteiger partial charge in [-0.25, -0.2) is 0 Å². The number of hydroxylamine groups is 2. The van der Waals surface area contributed by atoms with E-state index < -0.39 is 0 Å². The van der Waals surface area contributed by atoms with Crippen molar-refractivity contribution >= 4 is 0 Å². The summed E-state index contributed by atoms with van der Waals surface area (Å²) < 4.78 is 0. The fourth-order valence-corrected chi connectivity index (χ4v) is 3.50. The van der Waals surface area contributed by atoms with E-state index in [-0.39, 0.29) is 0 Å². The van der Waals surface area contributed by atoms with E-state index in [1.807, 2.05) is 0 Å². The van der Waals surface area contributed by atoms with Crippen molar-refractivity contribution in [2.24, 2.45) is 11.8 Å². The van der Waals surface area contributed by atoms with E-state index >= 15 is 0 Å². The number of hydrogen-bond donors (Lipinski definition) is 0. The van der Waals surface area contributed by atoms with Crippen LogP contribution < -0.4 is 0 Å². The molecule has 2 fully saturated rings. The SMILES string of the molecule is C[C@H]1CC[C@H]2[C@@H]1N(Cc1ccccc1)O[C@@H]2C. The summed E-state index contributed by atoms with van der Waals surface area (Å²) in [6, 6.07) is 11.3. The van der Waals surface area contributed by atoms with Crippen LogP contribution in [0.4, 0.5) is 0 Å². The monoisotopic (exact) mass is 231 g/mol. The van der Waals surface area contributed by atoms with E-state index in [4.69, 9.17) is 4.84 Å². The quantitative estimate of drug-likeness (QED) is 0.774. The van der Waals surface area contributed by atoms with Crippen LogP contribution in [-0.4, -0.2) is 17.2 Å². The molecule has 92 valence electrons. The van der Waals surface area contributed by atoms with Crippen molar-refractivity contribution in [3.63, 3.8) is 0 Å². The lowest BCUT2D eigenvalue weighted by Crippen LogP contribution is -2.33. The first-order chi connectivity index (χ1) is 8.25. The Kier molecular flexibility index (Phi) is 2.93. The molecule has 17 heavy (non-hydrogen) atoms. The summed E-state index contributed by atoms with van der Waals surface area (Å²) >= 11 is 0. The van der Waals surface area contributed by atoms with Gasteiger partial charge in [-0.05, 0) is 31.2 Å². The van der Waals surface area contributed by atoms with Gasteiger partial charge in [-0.2, -0.15) is 5.06 Å². The highest BCUT2D eigenvalue weighted by Crippen LogP contribution is 2.43. The molecule has 1 heterocycles. The summed E-state index contributed by atoms with van der Waals surface area (Å²) in [5.74, 6) is 1.52. The molecule has 1 aromatic carbocycles. The van der Waals surface area contributed by atoms with Crippen LogP contribution in [0.15, 0.2) is 30.3 Å². The van der Waals surface area contributed by atoms with Crippen molar-refractivity contribution in [3.05, 3.63) is 35.9 Å².